The van der Waals surface area contributed by atoms with Gasteiger partial charge in [0.25, 0.3) is 0 Å². The van der Waals surface area contributed by atoms with Crippen molar-refractivity contribution in [2.45, 2.75) is 54.1 Å². The molecule has 0 radical (unpaired) electrons. The highest BCUT2D eigenvalue weighted by atomic mass is 16.5. The van der Waals surface area contributed by atoms with E-state index in [-0.39, 0.29) is 6.10 Å². The summed E-state index contributed by atoms with van der Waals surface area (Å²) in [5, 5.41) is 3.49. The van der Waals surface area contributed by atoms with Gasteiger partial charge in [-0.25, -0.2) is 0 Å². The number of ether oxygens (including phenoxy) is 1. The first-order valence-electron chi connectivity index (χ1n) is 6.79. The monoisotopic (exact) mass is 249 g/mol. The van der Waals surface area contributed by atoms with Crippen LogP contribution < -0.4 is 10.1 Å². The molecular formula is C16H27NO. The maximum Gasteiger partial charge on any atom is 0.120 e. The molecule has 0 aliphatic heterocycles. The van der Waals surface area contributed by atoms with Crippen molar-refractivity contribution in [2.75, 3.05) is 11.9 Å². The lowest BCUT2D eigenvalue weighted by molar-refractivity contribution is 0.242. The first kappa shape index (κ1) is 14.9. The number of nitrogens with one attached hydrogen (secondary N) is 1. The molecule has 1 N–H and O–H groups in total. The predicted octanol–water partition coefficient (Wildman–Crippen LogP) is 4.63. The molecule has 0 bridgehead atoms. The number of aryl methyl sites for hydroxylation is 1. The Morgan fingerprint density at radius 3 is 2.39 bits per heavy atom. The van der Waals surface area contributed by atoms with Crippen LogP contribution in [-0.2, 0) is 0 Å². The zero-order valence-electron chi connectivity index (χ0n) is 12.6. The molecule has 0 unspecified atom stereocenters. The molecule has 1 aromatic carbocycles. The SMILES string of the molecule is Cc1cc(OC(C)C)ccc1NCCC(C)(C)C. The zero-order valence-corrected chi connectivity index (χ0v) is 12.6. The third-order valence-corrected chi connectivity index (χ3v) is 2.76. The molecule has 1 aromatic rings. The van der Waals surface area contributed by atoms with E-state index < -0.39 is 0 Å². The second-order valence-corrected chi connectivity index (χ2v) is 6.38. The van der Waals surface area contributed by atoms with E-state index >= 15 is 0 Å². The van der Waals surface area contributed by atoms with Gasteiger partial charge >= 0.3 is 0 Å². The molecule has 0 atom stereocenters. The van der Waals surface area contributed by atoms with Crippen LogP contribution in [0.5, 0.6) is 5.75 Å². The van der Waals surface area contributed by atoms with Gasteiger partial charge in [-0.05, 0) is 56.4 Å². The van der Waals surface area contributed by atoms with E-state index in [0.29, 0.717) is 5.41 Å². The average Bonchev–Trinajstić information content (AvgIpc) is 2.18. The topological polar surface area (TPSA) is 21.3 Å². The Balaban J connectivity index is 2.57. The van der Waals surface area contributed by atoms with Gasteiger partial charge in [0, 0.05) is 12.2 Å². The molecule has 0 heterocycles. The summed E-state index contributed by atoms with van der Waals surface area (Å²) in [5.74, 6) is 0.948. The van der Waals surface area contributed by atoms with Crippen molar-refractivity contribution in [3.63, 3.8) is 0 Å². The second kappa shape index (κ2) is 6.12. The molecule has 0 fully saturated rings. The molecule has 0 aromatic heterocycles. The van der Waals surface area contributed by atoms with Gasteiger partial charge in [-0.3, -0.25) is 0 Å². The molecule has 0 aliphatic rings. The third-order valence-electron chi connectivity index (χ3n) is 2.76. The molecule has 0 spiro atoms. The third kappa shape index (κ3) is 5.44. The second-order valence-electron chi connectivity index (χ2n) is 6.38. The van der Waals surface area contributed by atoms with Crippen LogP contribution in [0.4, 0.5) is 5.69 Å². The molecule has 1 rings (SSSR count). The van der Waals surface area contributed by atoms with E-state index in [4.69, 9.17) is 4.74 Å². The van der Waals surface area contributed by atoms with Crippen molar-refractivity contribution in [2.24, 2.45) is 5.41 Å². The number of hydrogen-bond donors (Lipinski definition) is 1. The average molecular weight is 249 g/mol. The quantitative estimate of drug-likeness (QED) is 0.821. The summed E-state index contributed by atoms with van der Waals surface area (Å²) < 4.78 is 5.68. The van der Waals surface area contributed by atoms with Crippen LogP contribution in [0.25, 0.3) is 0 Å². The van der Waals surface area contributed by atoms with Gasteiger partial charge in [0.15, 0.2) is 0 Å². The minimum Gasteiger partial charge on any atom is -0.491 e. The number of rotatable bonds is 5. The predicted molar refractivity (Wildman–Crippen MR) is 79.5 cm³/mol. The Labute approximate surface area is 112 Å². The van der Waals surface area contributed by atoms with Gasteiger partial charge in [-0.2, -0.15) is 0 Å². The molecular weight excluding hydrogens is 222 g/mol. The summed E-state index contributed by atoms with van der Waals surface area (Å²) in [6.45, 7) is 14.0. The van der Waals surface area contributed by atoms with Crippen LogP contribution in [0.2, 0.25) is 0 Å². The minimum absolute atomic E-state index is 0.226. The molecule has 0 saturated carbocycles. The summed E-state index contributed by atoms with van der Waals surface area (Å²) in [6.07, 6.45) is 1.39. The molecule has 0 aliphatic carbocycles. The molecule has 102 valence electrons. The van der Waals surface area contributed by atoms with Crippen molar-refractivity contribution >= 4 is 5.69 Å². The van der Waals surface area contributed by atoms with Gasteiger partial charge in [-0.15, -0.1) is 0 Å². The maximum atomic E-state index is 5.68. The fraction of sp³-hybridized carbons (Fsp3) is 0.625. The Hall–Kier alpha value is -1.18. The summed E-state index contributed by atoms with van der Waals surface area (Å²) in [7, 11) is 0. The summed E-state index contributed by atoms with van der Waals surface area (Å²) in [4.78, 5) is 0. The Morgan fingerprint density at radius 2 is 1.89 bits per heavy atom. The molecule has 2 heteroatoms. The van der Waals surface area contributed by atoms with Crippen molar-refractivity contribution in [1.29, 1.82) is 0 Å². The first-order chi connectivity index (χ1) is 8.28. The van der Waals surface area contributed by atoms with Crippen LogP contribution in [0.1, 0.15) is 46.6 Å². The molecule has 0 saturated heterocycles. The van der Waals surface area contributed by atoms with E-state index in [1.54, 1.807) is 0 Å². The van der Waals surface area contributed by atoms with Gasteiger partial charge in [0.1, 0.15) is 5.75 Å². The van der Waals surface area contributed by atoms with Gasteiger partial charge in [-0.1, -0.05) is 20.8 Å². The summed E-state index contributed by atoms with van der Waals surface area (Å²) in [5.41, 5.74) is 2.82. The number of anilines is 1. The standard InChI is InChI=1S/C16H27NO/c1-12(2)18-14-7-8-15(13(3)11-14)17-10-9-16(4,5)6/h7-8,11-12,17H,9-10H2,1-6H3. The number of hydrogen-bond acceptors (Lipinski definition) is 2. The van der Waals surface area contributed by atoms with Crippen molar-refractivity contribution < 1.29 is 4.74 Å². The fourth-order valence-electron chi connectivity index (χ4n) is 1.75. The van der Waals surface area contributed by atoms with E-state index in [1.807, 2.05) is 19.9 Å². The Kier molecular flexibility index (Phi) is 5.06. The molecule has 0 amide bonds. The largest absolute Gasteiger partial charge is 0.491 e. The fourth-order valence-corrected chi connectivity index (χ4v) is 1.75. The van der Waals surface area contributed by atoms with E-state index in [0.717, 1.165) is 18.7 Å². The van der Waals surface area contributed by atoms with Crippen LogP contribution in [0.15, 0.2) is 18.2 Å². The van der Waals surface area contributed by atoms with Crippen LogP contribution in [-0.4, -0.2) is 12.6 Å². The highest BCUT2D eigenvalue weighted by Gasteiger charge is 2.09. The van der Waals surface area contributed by atoms with Crippen LogP contribution >= 0.6 is 0 Å². The summed E-state index contributed by atoms with van der Waals surface area (Å²) in [6, 6.07) is 6.24. The Morgan fingerprint density at radius 1 is 1.22 bits per heavy atom. The molecule has 2 nitrogen and oxygen atoms in total. The highest BCUT2D eigenvalue weighted by molar-refractivity contribution is 5.53. The minimum atomic E-state index is 0.226. The van der Waals surface area contributed by atoms with Crippen molar-refractivity contribution in [1.82, 2.24) is 0 Å². The lowest BCUT2D eigenvalue weighted by Gasteiger charge is -2.19. The van der Waals surface area contributed by atoms with Crippen molar-refractivity contribution in [3.8, 4) is 5.75 Å². The van der Waals surface area contributed by atoms with E-state index in [9.17, 15) is 0 Å². The van der Waals surface area contributed by atoms with Crippen LogP contribution in [0, 0.1) is 12.3 Å². The van der Waals surface area contributed by atoms with E-state index in [1.165, 1.54) is 11.3 Å². The lowest BCUT2D eigenvalue weighted by atomic mass is 9.92. The first-order valence-corrected chi connectivity index (χ1v) is 6.79. The summed E-state index contributed by atoms with van der Waals surface area (Å²) >= 11 is 0. The van der Waals surface area contributed by atoms with Gasteiger partial charge in [0.05, 0.1) is 6.10 Å². The van der Waals surface area contributed by atoms with Gasteiger partial charge < -0.3 is 10.1 Å². The zero-order chi connectivity index (χ0) is 13.8. The maximum absolute atomic E-state index is 5.68. The Bertz CT molecular complexity index is 377. The lowest BCUT2D eigenvalue weighted by Crippen LogP contribution is -2.13. The highest BCUT2D eigenvalue weighted by Crippen LogP contribution is 2.23. The van der Waals surface area contributed by atoms with Gasteiger partial charge in [0.2, 0.25) is 0 Å². The normalized spacial score (nSPS) is 11.7. The van der Waals surface area contributed by atoms with E-state index in [2.05, 4.69) is 45.1 Å². The smallest absolute Gasteiger partial charge is 0.120 e. The number of benzene rings is 1. The van der Waals surface area contributed by atoms with Crippen molar-refractivity contribution in [3.05, 3.63) is 23.8 Å². The molecule has 18 heavy (non-hydrogen) atoms. The van der Waals surface area contributed by atoms with Crippen LogP contribution in [0.3, 0.4) is 0 Å².